The molecule has 98 valence electrons. The van der Waals surface area contributed by atoms with Crippen LogP contribution in [-0.2, 0) is 17.1 Å². The van der Waals surface area contributed by atoms with Crippen molar-refractivity contribution >= 4 is 11.0 Å². The normalized spacial score (nSPS) is 15.1. The second kappa shape index (κ2) is 5.93. The maximum absolute atomic E-state index is 12.3. The highest BCUT2D eigenvalue weighted by Crippen LogP contribution is 2.28. The first-order valence-corrected chi connectivity index (χ1v) is 6.13. The second-order valence-corrected chi connectivity index (χ2v) is 4.71. The monoisotopic (exact) mass is 276 g/mol. The molecule has 1 heterocycles. The number of halogens is 3. The molecule has 18 heavy (non-hydrogen) atoms. The summed E-state index contributed by atoms with van der Waals surface area (Å²) >= 11 is 0. The van der Waals surface area contributed by atoms with Gasteiger partial charge in [-0.3, -0.25) is 4.98 Å². The van der Waals surface area contributed by atoms with Crippen molar-refractivity contribution in [3.05, 3.63) is 29.6 Å². The number of pyridine rings is 1. The van der Waals surface area contributed by atoms with Gasteiger partial charge in [0.25, 0.3) is 0 Å². The molecule has 0 saturated carbocycles. The van der Waals surface area contributed by atoms with Crippen LogP contribution in [0.2, 0.25) is 0 Å². The summed E-state index contributed by atoms with van der Waals surface area (Å²) in [7, 11) is -1.66. The molecule has 4 nitrogen and oxygen atoms in total. The minimum atomic E-state index is -4.47. The maximum atomic E-state index is 12.3. The van der Waals surface area contributed by atoms with E-state index in [9.17, 15) is 17.7 Å². The molecule has 0 N–H and O–H groups in total. The minimum absolute atomic E-state index is 0.0700. The number of nitrogens with zero attached hydrogens (tertiary/aromatic N) is 3. The van der Waals surface area contributed by atoms with Gasteiger partial charge in [-0.05, 0) is 23.3 Å². The van der Waals surface area contributed by atoms with Crippen LogP contribution in [0.15, 0.2) is 22.7 Å². The molecule has 0 radical (unpaired) electrons. The Morgan fingerprint density at radius 2 is 2.22 bits per heavy atom. The molecule has 0 fully saturated rings. The highest BCUT2D eigenvalue weighted by molar-refractivity contribution is 7.81. The van der Waals surface area contributed by atoms with Gasteiger partial charge in [-0.15, -0.1) is 0 Å². The van der Waals surface area contributed by atoms with Gasteiger partial charge in [-0.1, -0.05) is 13.0 Å². The molecule has 0 aliphatic rings. The Labute approximate surface area is 104 Å². The molecule has 0 bridgehead atoms. The third-order valence-corrected chi connectivity index (χ3v) is 3.25. The third-order valence-electron chi connectivity index (χ3n) is 2.18. The molecule has 0 aliphatic carbocycles. The van der Waals surface area contributed by atoms with Gasteiger partial charge in [0.15, 0.2) is 0 Å². The number of hydrogen-bond acceptors (Lipinski definition) is 4. The van der Waals surface area contributed by atoms with Crippen LogP contribution in [0.25, 0.3) is 0 Å². The van der Waals surface area contributed by atoms with E-state index in [1.807, 2.05) is 0 Å². The van der Waals surface area contributed by atoms with E-state index >= 15 is 0 Å². The Bertz CT molecular complexity index is 479. The second-order valence-electron chi connectivity index (χ2n) is 3.56. The Kier molecular flexibility index (Phi) is 4.81. The van der Waals surface area contributed by atoms with Gasteiger partial charge in [0.2, 0.25) is 6.19 Å². The topological polar surface area (TPSA) is 72.1 Å². The van der Waals surface area contributed by atoms with Crippen molar-refractivity contribution in [2.75, 3.05) is 5.75 Å². The van der Waals surface area contributed by atoms with Crippen molar-refractivity contribution in [1.82, 2.24) is 4.98 Å². The van der Waals surface area contributed by atoms with Crippen molar-refractivity contribution in [2.45, 2.75) is 19.0 Å². The molecule has 0 unspecified atom stereocenters. The predicted octanol–water partition coefficient (Wildman–Crippen LogP) is 2.62. The molecular weight excluding hydrogens is 267 g/mol. The smallest absolute Gasteiger partial charge is 0.433 e. The Morgan fingerprint density at radius 3 is 2.67 bits per heavy atom. The zero-order chi connectivity index (χ0) is 13.8. The van der Waals surface area contributed by atoms with Crippen LogP contribution in [-0.4, -0.2) is 15.3 Å². The number of hydrogen-bond donors (Lipinski definition) is 0. The van der Waals surface area contributed by atoms with E-state index < -0.39 is 22.8 Å². The first-order chi connectivity index (χ1) is 8.34. The standard InChI is InChI=1S/C10H9F3N3OS/c1-7(5-18(17)16-6-14)8-2-3-9(15-4-8)10(11,12)13/h2-4,7H,5H2,1H3/q-1/t7-,18-/m1/s1. The number of aromatic nitrogens is 1. The summed E-state index contributed by atoms with van der Waals surface area (Å²) in [6.07, 6.45) is -1.96. The maximum Gasteiger partial charge on any atom is 0.433 e. The molecule has 0 aromatic carbocycles. The van der Waals surface area contributed by atoms with Crippen LogP contribution in [0.1, 0.15) is 24.1 Å². The largest absolute Gasteiger partial charge is 0.788 e. The predicted molar refractivity (Wildman–Crippen MR) is 58.7 cm³/mol. The molecule has 0 spiro atoms. The average Bonchev–Trinajstić information content (AvgIpc) is 2.28. The van der Waals surface area contributed by atoms with Crippen molar-refractivity contribution in [3.8, 4) is 6.19 Å². The lowest BCUT2D eigenvalue weighted by Crippen LogP contribution is -2.10. The van der Waals surface area contributed by atoms with Gasteiger partial charge in [0.1, 0.15) is 5.69 Å². The molecular formula is C10H9F3N3OS-. The van der Waals surface area contributed by atoms with Gasteiger partial charge < -0.3 is 4.55 Å². The summed E-state index contributed by atoms with van der Waals surface area (Å²) in [6.45, 7) is 1.68. The summed E-state index contributed by atoms with van der Waals surface area (Å²) in [5.74, 6) is -0.224. The Hall–Kier alpha value is -1.46. The van der Waals surface area contributed by atoms with Gasteiger partial charge in [0.05, 0.1) is 0 Å². The Balaban J connectivity index is 2.80. The van der Waals surface area contributed by atoms with Gasteiger partial charge in [0, 0.05) is 6.20 Å². The summed E-state index contributed by atoms with van der Waals surface area (Å²) in [5.41, 5.74) is -0.453. The molecule has 0 aliphatic heterocycles. The lowest BCUT2D eigenvalue weighted by atomic mass is 10.1. The molecule has 0 amide bonds. The van der Waals surface area contributed by atoms with Gasteiger partial charge in [-0.2, -0.15) is 33.8 Å². The van der Waals surface area contributed by atoms with Crippen molar-refractivity contribution < 1.29 is 17.7 Å². The van der Waals surface area contributed by atoms with Crippen LogP contribution in [0.3, 0.4) is 0 Å². The lowest BCUT2D eigenvalue weighted by molar-refractivity contribution is -0.141. The third kappa shape index (κ3) is 4.09. The fourth-order valence-electron chi connectivity index (χ4n) is 1.26. The zero-order valence-corrected chi connectivity index (χ0v) is 10.1. The molecule has 0 saturated heterocycles. The van der Waals surface area contributed by atoms with E-state index in [0.29, 0.717) is 5.56 Å². The van der Waals surface area contributed by atoms with Crippen LogP contribution < -0.4 is 0 Å². The lowest BCUT2D eigenvalue weighted by Gasteiger charge is -2.17. The fourth-order valence-corrected chi connectivity index (χ4v) is 2.04. The van der Waals surface area contributed by atoms with Crippen LogP contribution in [0, 0.1) is 11.5 Å². The average molecular weight is 276 g/mol. The molecule has 2 atom stereocenters. The quantitative estimate of drug-likeness (QED) is 0.796. The van der Waals surface area contributed by atoms with E-state index in [1.165, 1.54) is 12.3 Å². The van der Waals surface area contributed by atoms with Gasteiger partial charge in [-0.25, -0.2) is 0 Å². The molecule has 1 rings (SSSR count). The first-order valence-electron chi connectivity index (χ1n) is 4.86. The van der Waals surface area contributed by atoms with Crippen molar-refractivity contribution in [2.24, 2.45) is 4.36 Å². The number of alkyl halides is 3. The minimum Gasteiger partial charge on any atom is -0.788 e. The molecule has 1 aromatic heterocycles. The SMILES string of the molecule is C[C@H](C[S@@]([O-])=NC#N)c1ccc(C(F)(F)F)nc1. The summed E-state index contributed by atoms with van der Waals surface area (Å²) < 4.78 is 51.1. The first kappa shape index (κ1) is 14.6. The van der Waals surface area contributed by atoms with Gasteiger partial charge >= 0.3 is 6.18 Å². The highest BCUT2D eigenvalue weighted by Gasteiger charge is 2.32. The zero-order valence-electron chi connectivity index (χ0n) is 9.31. The molecule has 8 heteroatoms. The van der Waals surface area contributed by atoms with E-state index in [-0.39, 0.29) is 11.7 Å². The highest BCUT2D eigenvalue weighted by atomic mass is 32.2. The van der Waals surface area contributed by atoms with E-state index in [1.54, 1.807) is 6.92 Å². The van der Waals surface area contributed by atoms with E-state index in [4.69, 9.17) is 5.26 Å². The number of nitriles is 1. The molecule has 1 aromatic rings. The number of rotatable bonds is 3. The summed E-state index contributed by atoms with van der Waals surface area (Å²) in [5, 5.41) is 8.20. The van der Waals surface area contributed by atoms with E-state index in [0.717, 1.165) is 12.3 Å². The van der Waals surface area contributed by atoms with Crippen LogP contribution in [0.5, 0.6) is 0 Å². The summed E-state index contributed by atoms with van der Waals surface area (Å²) in [4.78, 5) is 3.30. The van der Waals surface area contributed by atoms with Crippen LogP contribution in [0.4, 0.5) is 13.2 Å². The fraction of sp³-hybridized carbons (Fsp3) is 0.400. The van der Waals surface area contributed by atoms with E-state index in [2.05, 4.69) is 9.35 Å². The summed E-state index contributed by atoms with van der Waals surface area (Å²) in [6, 6.07) is 2.15. The Morgan fingerprint density at radius 1 is 1.56 bits per heavy atom. The van der Waals surface area contributed by atoms with Crippen LogP contribution >= 0.6 is 0 Å². The van der Waals surface area contributed by atoms with Crippen molar-refractivity contribution in [3.63, 3.8) is 0 Å². The van der Waals surface area contributed by atoms with Crippen molar-refractivity contribution in [1.29, 1.82) is 5.26 Å².